The minimum atomic E-state index is 0.126. The number of nitrogens with zero attached hydrogens (tertiary/aromatic N) is 2. The fourth-order valence-corrected chi connectivity index (χ4v) is 1.89. The van der Waals surface area contributed by atoms with Crippen molar-refractivity contribution in [3.63, 3.8) is 0 Å². The molecule has 19 heavy (non-hydrogen) atoms. The normalized spacial score (nSPS) is 10.7. The summed E-state index contributed by atoms with van der Waals surface area (Å²) in [4.78, 5) is 4.25. The van der Waals surface area contributed by atoms with Crippen LogP contribution in [-0.4, -0.2) is 14.5 Å². The van der Waals surface area contributed by atoms with Crippen LogP contribution in [0.15, 0.2) is 48.8 Å². The third-order valence-electron chi connectivity index (χ3n) is 2.85. The van der Waals surface area contributed by atoms with Crippen LogP contribution in [-0.2, 0) is 6.61 Å². The van der Waals surface area contributed by atoms with Crippen molar-refractivity contribution in [1.82, 2.24) is 9.38 Å². The SMILES string of the molecule is Nc1ccn2c(COc3ccccc3O)cnc2c1. The van der Waals surface area contributed by atoms with E-state index >= 15 is 0 Å². The van der Waals surface area contributed by atoms with Crippen molar-refractivity contribution < 1.29 is 9.84 Å². The van der Waals surface area contributed by atoms with Crippen molar-refractivity contribution >= 4 is 11.3 Å². The lowest BCUT2D eigenvalue weighted by Crippen LogP contribution is -2.00. The van der Waals surface area contributed by atoms with Gasteiger partial charge in [-0.05, 0) is 18.2 Å². The molecule has 0 radical (unpaired) electrons. The van der Waals surface area contributed by atoms with Gasteiger partial charge in [0.1, 0.15) is 12.3 Å². The molecular formula is C14H13N3O2. The van der Waals surface area contributed by atoms with E-state index in [1.54, 1.807) is 36.5 Å². The van der Waals surface area contributed by atoms with Crippen molar-refractivity contribution in [2.75, 3.05) is 5.73 Å². The number of ether oxygens (including phenoxy) is 1. The number of benzene rings is 1. The number of pyridine rings is 1. The maximum atomic E-state index is 9.62. The van der Waals surface area contributed by atoms with E-state index in [1.807, 2.05) is 16.7 Å². The van der Waals surface area contributed by atoms with E-state index in [0.717, 1.165) is 11.3 Å². The Morgan fingerprint density at radius 1 is 1.26 bits per heavy atom. The molecule has 0 unspecified atom stereocenters. The summed E-state index contributed by atoms with van der Waals surface area (Å²) in [6.07, 6.45) is 3.58. The number of imidazole rings is 1. The van der Waals surface area contributed by atoms with E-state index in [-0.39, 0.29) is 5.75 Å². The zero-order valence-corrected chi connectivity index (χ0v) is 10.2. The van der Waals surface area contributed by atoms with Crippen LogP contribution in [0.5, 0.6) is 11.5 Å². The standard InChI is InChI=1S/C14H13N3O2/c15-10-5-6-17-11(8-16-14(17)7-10)9-19-13-4-2-1-3-12(13)18/h1-8,18H,9,15H2. The maximum absolute atomic E-state index is 9.62. The third-order valence-corrected chi connectivity index (χ3v) is 2.85. The minimum absolute atomic E-state index is 0.126. The maximum Gasteiger partial charge on any atom is 0.161 e. The molecule has 0 aliphatic heterocycles. The van der Waals surface area contributed by atoms with Crippen LogP contribution in [0.1, 0.15) is 5.69 Å². The lowest BCUT2D eigenvalue weighted by molar-refractivity contribution is 0.284. The number of nitrogens with two attached hydrogens (primary N) is 1. The summed E-state index contributed by atoms with van der Waals surface area (Å²) >= 11 is 0. The molecule has 2 heterocycles. The van der Waals surface area contributed by atoms with Gasteiger partial charge in [-0.2, -0.15) is 0 Å². The van der Waals surface area contributed by atoms with Gasteiger partial charge in [0.05, 0.1) is 11.9 Å². The highest BCUT2D eigenvalue weighted by atomic mass is 16.5. The second kappa shape index (κ2) is 4.53. The molecule has 1 aromatic carbocycles. The van der Waals surface area contributed by atoms with Gasteiger partial charge in [0.25, 0.3) is 0 Å². The Kier molecular flexibility index (Phi) is 2.72. The smallest absolute Gasteiger partial charge is 0.161 e. The Balaban J connectivity index is 1.84. The van der Waals surface area contributed by atoms with Gasteiger partial charge in [0.2, 0.25) is 0 Å². The molecule has 2 aromatic heterocycles. The summed E-state index contributed by atoms with van der Waals surface area (Å²) in [5, 5.41) is 9.62. The monoisotopic (exact) mass is 255 g/mol. The first-order chi connectivity index (χ1) is 9.24. The quantitative estimate of drug-likeness (QED) is 0.752. The molecule has 5 nitrogen and oxygen atoms in total. The van der Waals surface area contributed by atoms with E-state index < -0.39 is 0 Å². The number of anilines is 1. The van der Waals surface area contributed by atoms with Gasteiger partial charge < -0.3 is 20.0 Å². The number of phenols is 1. The van der Waals surface area contributed by atoms with Crippen LogP contribution in [0, 0.1) is 0 Å². The third kappa shape index (κ3) is 2.18. The zero-order valence-electron chi connectivity index (χ0n) is 10.2. The summed E-state index contributed by atoms with van der Waals surface area (Å²) in [5.74, 6) is 0.577. The topological polar surface area (TPSA) is 72.8 Å². The first-order valence-electron chi connectivity index (χ1n) is 5.86. The van der Waals surface area contributed by atoms with Crippen LogP contribution >= 0.6 is 0 Å². The van der Waals surface area contributed by atoms with E-state index in [2.05, 4.69) is 4.98 Å². The number of hydrogen-bond acceptors (Lipinski definition) is 4. The molecule has 0 bridgehead atoms. The molecule has 96 valence electrons. The number of fused-ring (bicyclic) bond motifs is 1. The fraction of sp³-hybridized carbons (Fsp3) is 0.0714. The van der Waals surface area contributed by atoms with Crippen molar-refractivity contribution in [3.8, 4) is 11.5 Å². The van der Waals surface area contributed by atoms with Gasteiger partial charge >= 0.3 is 0 Å². The second-order valence-electron chi connectivity index (χ2n) is 4.19. The Morgan fingerprint density at radius 2 is 2.11 bits per heavy atom. The average molecular weight is 255 g/mol. The first-order valence-corrected chi connectivity index (χ1v) is 5.86. The molecule has 0 aliphatic carbocycles. The number of para-hydroxylation sites is 2. The summed E-state index contributed by atoms with van der Waals surface area (Å²) in [7, 11) is 0. The molecule has 3 aromatic rings. The largest absolute Gasteiger partial charge is 0.504 e. The first kappa shape index (κ1) is 11.4. The van der Waals surface area contributed by atoms with E-state index in [1.165, 1.54) is 0 Å². The highest BCUT2D eigenvalue weighted by molar-refractivity contribution is 5.52. The molecule has 0 atom stereocenters. The molecule has 0 aliphatic rings. The molecule has 3 rings (SSSR count). The Bertz CT molecular complexity index is 722. The number of phenolic OH excluding ortho intramolecular Hbond substituents is 1. The lowest BCUT2D eigenvalue weighted by Gasteiger charge is -2.07. The molecule has 0 spiro atoms. The predicted octanol–water partition coefficient (Wildman–Crippen LogP) is 2.20. The predicted molar refractivity (Wildman–Crippen MR) is 72.0 cm³/mol. The van der Waals surface area contributed by atoms with Gasteiger partial charge in [-0.3, -0.25) is 0 Å². The number of hydrogen-bond donors (Lipinski definition) is 2. The minimum Gasteiger partial charge on any atom is -0.504 e. The van der Waals surface area contributed by atoms with Gasteiger partial charge in [-0.1, -0.05) is 12.1 Å². The Labute approximate surface area is 109 Å². The Hall–Kier alpha value is -2.69. The summed E-state index contributed by atoms with van der Waals surface area (Å²) in [6.45, 7) is 0.322. The van der Waals surface area contributed by atoms with E-state index in [4.69, 9.17) is 10.5 Å². The van der Waals surface area contributed by atoms with Crippen molar-refractivity contribution in [1.29, 1.82) is 0 Å². The fourth-order valence-electron chi connectivity index (χ4n) is 1.89. The van der Waals surface area contributed by atoms with Crippen LogP contribution in [0.3, 0.4) is 0 Å². The van der Waals surface area contributed by atoms with Gasteiger partial charge in [0, 0.05) is 18.0 Å². The summed E-state index contributed by atoms with van der Waals surface area (Å²) in [6, 6.07) is 10.5. The highest BCUT2D eigenvalue weighted by Gasteiger charge is 2.06. The second-order valence-corrected chi connectivity index (χ2v) is 4.19. The van der Waals surface area contributed by atoms with E-state index in [0.29, 0.717) is 18.0 Å². The van der Waals surface area contributed by atoms with Crippen LogP contribution in [0.2, 0.25) is 0 Å². The Morgan fingerprint density at radius 3 is 2.95 bits per heavy atom. The van der Waals surface area contributed by atoms with Crippen molar-refractivity contribution in [2.45, 2.75) is 6.61 Å². The average Bonchev–Trinajstić information content (AvgIpc) is 2.80. The number of aromatic hydroxyl groups is 1. The summed E-state index contributed by atoms with van der Waals surface area (Å²) < 4.78 is 7.48. The lowest BCUT2D eigenvalue weighted by atomic mass is 10.3. The number of rotatable bonds is 3. The summed E-state index contributed by atoms with van der Waals surface area (Å²) in [5.41, 5.74) is 8.03. The van der Waals surface area contributed by atoms with Gasteiger partial charge in [0.15, 0.2) is 11.5 Å². The van der Waals surface area contributed by atoms with Crippen LogP contribution in [0.25, 0.3) is 5.65 Å². The molecular weight excluding hydrogens is 242 g/mol. The van der Waals surface area contributed by atoms with Gasteiger partial charge in [-0.15, -0.1) is 0 Å². The van der Waals surface area contributed by atoms with Crippen molar-refractivity contribution in [2.24, 2.45) is 0 Å². The van der Waals surface area contributed by atoms with E-state index in [9.17, 15) is 5.11 Å². The van der Waals surface area contributed by atoms with Crippen LogP contribution < -0.4 is 10.5 Å². The highest BCUT2D eigenvalue weighted by Crippen LogP contribution is 2.25. The van der Waals surface area contributed by atoms with Crippen molar-refractivity contribution in [3.05, 3.63) is 54.5 Å². The number of aromatic nitrogens is 2. The zero-order chi connectivity index (χ0) is 13.2. The molecule has 0 saturated carbocycles. The molecule has 3 N–H and O–H groups in total. The molecule has 5 heteroatoms. The molecule has 0 fully saturated rings. The van der Waals surface area contributed by atoms with Gasteiger partial charge in [-0.25, -0.2) is 4.98 Å². The number of nitrogen functional groups attached to an aromatic ring is 1. The van der Waals surface area contributed by atoms with Crippen LogP contribution in [0.4, 0.5) is 5.69 Å². The molecule has 0 saturated heterocycles. The molecule has 0 amide bonds.